The molecule has 21 heavy (non-hydrogen) atoms. The van der Waals surface area contributed by atoms with E-state index >= 15 is 0 Å². The molecule has 1 aliphatic rings. The Balaban J connectivity index is 1.60. The van der Waals surface area contributed by atoms with E-state index in [4.69, 9.17) is 0 Å². The number of carbonyl (C=O) groups excluding carboxylic acids is 1. The second kappa shape index (κ2) is 5.39. The number of aromatic amines is 1. The molecule has 1 aliphatic carbocycles. The van der Waals surface area contributed by atoms with Crippen molar-refractivity contribution in [2.24, 2.45) is 0 Å². The topological polar surface area (TPSA) is 105 Å². The lowest BCUT2D eigenvalue weighted by molar-refractivity contribution is 0.251. The third-order valence-electron chi connectivity index (χ3n) is 3.23. The van der Waals surface area contributed by atoms with Crippen LogP contribution in [0.4, 0.5) is 10.6 Å². The van der Waals surface area contributed by atoms with Crippen LogP contribution in [0.1, 0.15) is 30.4 Å². The van der Waals surface area contributed by atoms with Gasteiger partial charge < -0.3 is 5.32 Å². The van der Waals surface area contributed by atoms with Crippen molar-refractivity contribution in [3.63, 3.8) is 0 Å². The van der Waals surface area contributed by atoms with Crippen molar-refractivity contribution in [2.45, 2.75) is 32.4 Å². The summed E-state index contributed by atoms with van der Waals surface area (Å²) in [5, 5.41) is 11.7. The molecule has 3 N–H and O–H groups in total. The van der Waals surface area contributed by atoms with E-state index in [0.29, 0.717) is 11.6 Å². The largest absolute Gasteiger partial charge is 0.343 e. The summed E-state index contributed by atoms with van der Waals surface area (Å²) in [4.78, 5) is 27.6. The number of anilines is 1. The molecule has 0 bridgehead atoms. The van der Waals surface area contributed by atoms with E-state index in [9.17, 15) is 9.59 Å². The number of nitrogens with one attached hydrogen (secondary N) is 3. The Morgan fingerprint density at radius 2 is 2.29 bits per heavy atom. The van der Waals surface area contributed by atoms with Gasteiger partial charge in [-0.15, -0.1) is 0 Å². The van der Waals surface area contributed by atoms with E-state index in [1.165, 1.54) is 0 Å². The molecule has 8 heteroatoms. The minimum atomic E-state index is -0.383. The summed E-state index contributed by atoms with van der Waals surface area (Å²) < 4.78 is 1.60. The highest BCUT2D eigenvalue weighted by atomic mass is 16.2. The van der Waals surface area contributed by atoms with Gasteiger partial charge in [0.15, 0.2) is 5.82 Å². The number of nitrogens with zero attached hydrogens (tertiary/aromatic N) is 3. The molecule has 1 fully saturated rings. The van der Waals surface area contributed by atoms with Gasteiger partial charge in [-0.1, -0.05) is 6.07 Å². The lowest BCUT2D eigenvalue weighted by Crippen LogP contribution is -2.30. The van der Waals surface area contributed by atoms with Crippen molar-refractivity contribution in [1.82, 2.24) is 25.1 Å². The van der Waals surface area contributed by atoms with E-state index in [-0.39, 0.29) is 24.3 Å². The van der Waals surface area contributed by atoms with Crippen LogP contribution < -0.4 is 16.3 Å². The Bertz CT molecular complexity index is 715. The predicted molar refractivity (Wildman–Crippen MR) is 76.0 cm³/mol. The van der Waals surface area contributed by atoms with Crippen molar-refractivity contribution >= 4 is 11.8 Å². The maximum absolute atomic E-state index is 11.8. The molecule has 0 aromatic carbocycles. The number of pyridine rings is 1. The number of aromatic nitrogens is 4. The zero-order valence-corrected chi connectivity index (χ0v) is 11.6. The second-order valence-corrected chi connectivity index (χ2v) is 5.02. The van der Waals surface area contributed by atoms with Crippen LogP contribution in [0.5, 0.6) is 0 Å². The van der Waals surface area contributed by atoms with Crippen LogP contribution in [-0.2, 0) is 6.54 Å². The molecular formula is C13H16N6O2. The first kappa shape index (κ1) is 13.3. The summed E-state index contributed by atoms with van der Waals surface area (Å²) >= 11 is 0. The van der Waals surface area contributed by atoms with E-state index in [2.05, 4.69) is 25.8 Å². The summed E-state index contributed by atoms with van der Waals surface area (Å²) in [6.45, 7) is 2.04. The fourth-order valence-corrected chi connectivity index (χ4v) is 2.10. The fraction of sp³-hybridized carbons (Fsp3) is 0.385. The normalized spacial score (nSPS) is 14.0. The minimum Gasteiger partial charge on any atom is -0.331 e. The smallest absolute Gasteiger partial charge is 0.331 e. The van der Waals surface area contributed by atoms with Gasteiger partial charge in [0.05, 0.1) is 6.54 Å². The van der Waals surface area contributed by atoms with E-state index in [1.54, 1.807) is 10.6 Å². The van der Waals surface area contributed by atoms with Crippen LogP contribution >= 0.6 is 0 Å². The van der Waals surface area contributed by atoms with Gasteiger partial charge in [-0.2, -0.15) is 5.10 Å². The average molecular weight is 288 g/mol. The second-order valence-electron chi connectivity index (χ2n) is 5.02. The number of hydrogen-bond donors (Lipinski definition) is 3. The molecule has 8 nitrogen and oxygen atoms in total. The van der Waals surface area contributed by atoms with Gasteiger partial charge in [-0.3, -0.25) is 9.88 Å². The maximum atomic E-state index is 11.8. The number of amides is 2. The van der Waals surface area contributed by atoms with E-state index in [1.807, 2.05) is 19.1 Å². The fourth-order valence-electron chi connectivity index (χ4n) is 2.10. The van der Waals surface area contributed by atoms with Gasteiger partial charge in [0.2, 0.25) is 0 Å². The Morgan fingerprint density at radius 1 is 1.48 bits per heavy atom. The lowest BCUT2D eigenvalue weighted by Gasteiger charge is -2.08. The van der Waals surface area contributed by atoms with Gasteiger partial charge in [0.1, 0.15) is 5.82 Å². The van der Waals surface area contributed by atoms with Crippen molar-refractivity contribution < 1.29 is 4.79 Å². The van der Waals surface area contributed by atoms with E-state index in [0.717, 1.165) is 18.5 Å². The van der Waals surface area contributed by atoms with Gasteiger partial charge in [-0.25, -0.2) is 19.7 Å². The Labute approximate surface area is 120 Å². The van der Waals surface area contributed by atoms with Gasteiger partial charge in [0.25, 0.3) is 0 Å². The molecule has 2 aromatic rings. The molecule has 1 saturated carbocycles. The Hall–Kier alpha value is -2.64. The molecule has 3 rings (SSSR count). The van der Waals surface area contributed by atoms with Gasteiger partial charge in [-0.05, 0) is 31.9 Å². The van der Waals surface area contributed by atoms with Crippen molar-refractivity contribution in [3.05, 3.63) is 40.2 Å². The molecule has 110 valence electrons. The molecule has 0 unspecified atom stereocenters. The maximum Gasteiger partial charge on any atom is 0.343 e. The standard InChI is InChI=1S/C13H16N6O2/c1-8-3-2-4-10(15-8)16-12(20)14-7-11-17-18-13(21)19(11)9-5-6-9/h2-4,9H,5-7H2,1H3,(H,18,21)(H2,14,15,16,20). The summed E-state index contributed by atoms with van der Waals surface area (Å²) in [6.07, 6.45) is 1.96. The number of rotatable bonds is 4. The predicted octanol–water partition coefficient (Wildman–Crippen LogP) is 0.931. The van der Waals surface area contributed by atoms with Crippen LogP contribution in [0.15, 0.2) is 23.0 Å². The molecule has 0 atom stereocenters. The number of hydrogen-bond acceptors (Lipinski definition) is 4. The monoisotopic (exact) mass is 288 g/mol. The van der Waals surface area contributed by atoms with Crippen molar-refractivity contribution in [2.75, 3.05) is 5.32 Å². The quantitative estimate of drug-likeness (QED) is 0.778. The van der Waals surface area contributed by atoms with Crippen molar-refractivity contribution in [1.29, 1.82) is 0 Å². The van der Waals surface area contributed by atoms with Crippen LogP contribution in [0.3, 0.4) is 0 Å². The van der Waals surface area contributed by atoms with Gasteiger partial charge >= 0.3 is 11.7 Å². The zero-order valence-electron chi connectivity index (χ0n) is 11.6. The van der Waals surface area contributed by atoms with Crippen LogP contribution in [0.25, 0.3) is 0 Å². The third kappa shape index (κ3) is 3.10. The van der Waals surface area contributed by atoms with E-state index < -0.39 is 0 Å². The number of urea groups is 1. The lowest BCUT2D eigenvalue weighted by atomic mass is 10.4. The Morgan fingerprint density at radius 3 is 3.00 bits per heavy atom. The highest BCUT2D eigenvalue weighted by Gasteiger charge is 2.28. The molecule has 2 heterocycles. The molecular weight excluding hydrogens is 272 g/mol. The third-order valence-corrected chi connectivity index (χ3v) is 3.23. The van der Waals surface area contributed by atoms with Crippen LogP contribution in [0.2, 0.25) is 0 Å². The number of carbonyl (C=O) groups is 1. The van der Waals surface area contributed by atoms with Crippen LogP contribution in [0, 0.1) is 6.92 Å². The SMILES string of the molecule is Cc1cccc(NC(=O)NCc2n[nH]c(=O)n2C2CC2)n1. The molecule has 2 amide bonds. The first-order valence-corrected chi connectivity index (χ1v) is 6.78. The highest BCUT2D eigenvalue weighted by molar-refractivity contribution is 5.88. The van der Waals surface area contributed by atoms with Crippen LogP contribution in [-0.4, -0.2) is 25.8 Å². The zero-order chi connectivity index (χ0) is 14.8. The first-order chi connectivity index (χ1) is 10.1. The molecule has 0 radical (unpaired) electrons. The molecule has 0 saturated heterocycles. The molecule has 0 spiro atoms. The van der Waals surface area contributed by atoms with Gasteiger partial charge in [0, 0.05) is 11.7 Å². The minimum absolute atomic E-state index is 0.187. The summed E-state index contributed by atoms with van der Waals surface area (Å²) in [6, 6.07) is 5.21. The summed E-state index contributed by atoms with van der Waals surface area (Å²) in [7, 11) is 0. The highest BCUT2D eigenvalue weighted by Crippen LogP contribution is 2.33. The number of aryl methyl sites for hydroxylation is 1. The summed E-state index contributed by atoms with van der Waals surface area (Å²) in [5.74, 6) is 1.02. The number of H-pyrrole nitrogens is 1. The average Bonchev–Trinajstić information content (AvgIpc) is 3.20. The Kier molecular flexibility index (Phi) is 3.43. The molecule has 0 aliphatic heterocycles. The summed E-state index contributed by atoms with van der Waals surface area (Å²) in [5.41, 5.74) is 0.595. The van der Waals surface area contributed by atoms with Crippen molar-refractivity contribution in [3.8, 4) is 0 Å². The molecule has 2 aromatic heterocycles. The first-order valence-electron chi connectivity index (χ1n) is 6.78.